The number of alkyl halides is 2. The lowest BCUT2D eigenvalue weighted by molar-refractivity contribution is 0.135. The Kier molecular flexibility index (Phi) is 6.35. The summed E-state index contributed by atoms with van der Waals surface area (Å²) in [5.41, 5.74) is 0. The van der Waals surface area contributed by atoms with Gasteiger partial charge in [-0.2, -0.15) is 9.78 Å². The first kappa shape index (κ1) is 19.7. The van der Waals surface area contributed by atoms with Gasteiger partial charge in [0.25, 0.3) is 6.43 Å². The predicted molar refractivity (Wildman–Crippen MR) is 99.3 cm³/mol. The van der Waals surface area contributed by atoms with Gasteiger partial charge < -0.3 is 9.15 Å². The van der Waals surface area contributed by atoms with E-state index >= 15 is 0 Å². The molecule has 1 aromatic carbocycles. The van der Waals surface area contributed by atoms with Crippen molar-refractivity contribution in [1.82, 2.24) is 14.9 Å². The summed E-state index contributed by atoms with van der Waals surface area (Å²) in [4.78, 5) is 0. The van der Waals surface area contributed by atoms with Crippen LogP contribution < -0.4 is 4.74 Å². The first-order valence-electron chi connectivity index (χ1n) is 7.47. The summed E-state index contributed by atoms with van der Waals surface area (Å²) in [6.07, 6.45) is 0.186. The third-order valence-corrected chi connectivity index (χ3v) is 4.49. The number of hydrogen-bond acceptors (Lipinski definition) is 6. The summed E-state index contributed by atoms with van der Waals surface area (Å²) in [7, 11) is 0. The molecule has 0 saturated heterocycles. The van der Waals surface area contributed by atoms with Crippen molar-refractivity contribution in [3.8, 4) is 5.75 Å². The molecule has 2 aromatic heterocycles. The second-order valence-electron chi connectivity index (χ2n) is 5.05. The van der Waals surface area contributed by atoms with Gasteiger partial charge in [-0.3, -0.25) is 0 Å². The van der Waals surface area contributed by atoms with E-state index in [-0.39, 0.29) is 11.8 Å². The molecule has 0 aliphatic heterocycles. The van der Waals surface area contributed by atoms with Crippen LogP contribution >= 0.6 is 35.0 Å². The highest BCUT2D eigenvalue weighted by Crippen LogP contribution is 2.33. The minimum Gasteiger partial charge on any atom is -0.483 e. The van der Waals surface area contributed by atoms with Crippen molar-refractivity contribution in [3.05, 3.63) is 57.7 Å². The number of nitrogens with zero attached hydrogens (tertiary/aromatic N) is 4. The Balaban J connectivity index is 1.72. The van der Waals surface area contributed by atoms with Crippen LogP contribution in [0.25, 0.3) is 0 Å². The molecule has 0 unspecified atom stereocenters. The van der Waals surface area contributed by atoms with Crippen LogP contribution in [0.5, 0.6) is 5.75 Å². The van der Waals surface area contributed by atoms with Crippen LogP contribution in [0.2, 0.25) is 10.0 Å². The third-order valence-electron chi connectivity index (χ3n) is 3.27. The molecule has 0 saturated carbocycles. The topological polar surface area (TPSA) is 65.4 Å². The van der Waals surface area contributed by atoms with Crippen molar-refractivity contribution in [2.24, 2.45) is 5.10 Å². The second kappa shape index (κ2) is 8.73. The lowest BCUT2D eigenvalue weighted by atomic mass is 10.3. The molecule has 0 fully saturated rings. The van der Waals surface area contributed by atoms with E-state index in [1.54, 1.807) is 36.6 Å². The summed E-state index contributed by atoms with van der Waals surface area (Å²) in [5.74, 6) is 0.636. The van der Waals surface area contributed by atoms with E-state index in [2.05, 4.69) is 15.3 Å². The molecule has 3 rings (SSSR count). The standard InChI is InChI=1S/C16H12Cl2F2N4O2S/c1-27-16-23-22-15(14(19)20)24(16)21-7-9-5-6-10(26-9)8-25-13-11(17)3-2-4-12(13)18/h2-7,14H,8H2,1H3/b21-7-. The first-order chi connectivity index (χ1) is 13.0. The van der Waals surface area contributed by atoms with Crippen molar-refractivity contribution >= 4 is 41.2 Å². The molecule has 2 heterocycles. The minimum absolute atomic E-state index is 0.0856. The Labute approximate surface area is 167 Å². The SMILES string of the molecule is CSc1nnc(C(F)F)n1/N=C\c1ccc(COc2c(Cl)cccc2Cl)o1. The van der Waals surface area contributed by atoms with Crippen LogP contribution in [0.4, 0.5) is 8.78 Å². The number of furan rings is 1. The largest absolute Gasteiger partial charge is 0.483 e. The number of halogens is 4. The van der Waals surface area contributed by atoms with Crippen LogP contribution in [-0.2, 0) is 6.61 Å². The van der Waals surface area contributed by atoms with Crippen LogP contribution in [0, 0.1) is 0 Å². The summed E-state index contributed by atoms with van der Waals surface area (Å²) in [6.45, 7) is 0.0856. The van der Waals surface area contributed by atoms with Crippen LogP contribution in [0.15, 0.2) is 45.0 Å². The van der Waals surface area contributed by atoms with E-state index in [1.807, 2.05) is 0 Å². The molecule has 0 spiro atoms. The van der Waals surface area contributed by atoms with Gasteiger partial charge in [0.05, 0.1) is 16.3 Å². The zero-order chi connectivity index (χ0) is 19.4. The van der Waals surface area contributed by atoms with Gasteiger partial charge in [-0.05, 0) is 30.5 Å². The van der Waals surface area contributed by atoms with E-state index in [4.69, 9.17) is 32.4 Å². The molecule has 11 heteroatoms. The van der Waals surface area contributed by atoms with Crippen LogP contribution in [0.1, 0.15) is 23.8 Å². The zero-order valence-electron chi connectivity index (χ0n) is 13.8. The summed E-state index contributed by atoms with van der Waals surface area (Å²) >= 11 is 13.2. The minimum atomic E-state index is -2.79. The third kappa shape index (κ3) is 4.60. The summed E-state index contributed by atoms with van der Waals surface area (Å²) < 4.78 is 38.0. The number of benzene rings is 1. The van der Waals surface area contributed by atoms with Gasteiger partial charge in [-0.25, -0.2) is 8.78 Å². The van der Waals surface area contributed by atoms with E-state index in [0.717, 1.165) is 16.4 Å². The fourth-order valence-electron chi connectivity index (χ4n) is 2.07. The molecule has 0 N–H and O–H groups in total. The Bertz CT molecular complexity index is 942. The van der Waals surface area contributed by atoms with Crippen molar-refractivity contribution in [2.45, 2.75) is 18.2 Å². The smallest absolute Gasteiger partial charge is 0.299 e. The van der Waals surface area contributed by atoms with E-state index in [1.165, 1.54) is 6.21 Å². The molecule has 0 aliphatic rings. The highest BCUT2D eigenvalue weighted by atomic mass is 35.5. The van der Waals surface area contributed by atoms with Gasteiger partial charge in [-0.1, -0.05) is 41.0 Å². The van der Waals surface area contributed by atoms with Crippen LogP contribution in [-0.4, -0.2) is 27.3 Å². The molecule has 6 nitrogen and oxygen atoms in total. The lowest BCUT2D eigenvalue weighted by Crippen LogP contribution is -2.00. The first-order valence-corrected chi connectivity index (χ1v) is 9.45. The maximum absolute atomic E-state index is 13.0. The van der Waals surface area contributed by atoms with Crippen molar-refractivity contribution < 1.29 is 17.9 Å². The van der Waals surface area contributed by atoms with E-state index in [0.29, 0.717) is 27.3 Å². The number of ether oxygens (including phenoxy) is 1. The molecule has 27 heavy (non-hydrogen) atoms. The van der Waals surface area contributed by atoms with Crippen molar-refractivity contribution in [2.75, 3.05) is 6.26 Å². The second-order valence-corrected chi connectivity index (χ2v) is 6.63. The maximum atomic E-state index is 13.0. The average Bonchev–Trinajstić information content (AvgIpc) is 3.25. The summed E-state index contributed by atoms with van der Waals surface area (Å²) in [5, 5.41) is 12.1. The fraction of sp³-hybridized carbons (Fsp3) is 0.188. The molecule has 3 aromatic rings. The number of para-hydroxylation sites is 1. The number of thioether (sulfide) groups is 1. The molecule has 0 atom stereocenters. The summed E-state index contributed by atoms with van der Waals surface area (Å²) in [6, 6.07) is 8.32. The molecular formula is C16H12Cl2F2N4O2S. The van der Waals surface area contributed by atoms with Crippen LogP contribution in [0.3, 0.4) is 0 Å². The van der Waals surface area contributed by atoms with Gasteiger partial charge in [-0.15, -0.1) is 10.2 Å². The molecule has 0 aliphatic carbocycles. The zero-order valence-corrected chi connectivity index (χ0v) is 16.1. The molecular weight excluding hydrogens is 421 g/mol. The Morgan fingerprint density at radius 1 is 1.26 bits per heavy atom. The van der Waals surface area contributed by atoms with E-state index in [9.17, 15) is 8.78 Å². The quantitative estimate of drug-likeness (QED) is 0.374. The van der Waals surface area contributed by atoms with Crippen molar-refractivity contribution in [3.63, 3.8) is 0 Å². The Morgan fingerprint density at radius 3 is 2.67 bits per heavy atom. The number of rotatable bonds is 7. The fourth-order valence-corrected chi connectivity index (χ4v) is 3.01. The highest BCUT2D eigenvalue weighted by molar-refractivity contribution is 7.98. The Morgan fingerprint density at radius 2 is 2.00 bits per heavy atom. The average molecular weight is 433 g/mol. The molecule has 0 amide bonds. The number of hydrogen-bond donors (Lipinski definition) is 0. The predicted octanol–water partition coefficient (Wildman–Crippen LogP) is 5.30. The number of aromatic nitrogens is 3. The molecule has 0 radical (unpaired) electrons. The van der Waals surface area contributed by atoms with Gasteiger partial charge >= 0.3 is 0 Å². The molecule has 0 bridgehead atoms. The van der Waals surface area contributed by atoms with Crippen molar-refractivity contribution in [1.29, 1.82) is 0 Å². The van der Waals surface area contributed by atoms with Gasteiger partial charge in [0.2, 0.25) is 11.0 Å². The monoisotopic (exact) mass is 432 g/mol. The normalized spacial score (nSPS) is 11.6. The lowest BCUT2D eigenvalue weighted by Gasteiger charge is -2.07. The highest BCUT2D eigenvalue weighted by Gasteiger charge is 2.19. The van der Waals surface area contributed by atoms with Gasteiger partial charge in [0.1, 0.15) is 18.1 Å². The van der Waals surface area contributed by atoms with Gasteiger partial charge in [0.15, 0.2) is 5.75 Å². The van der Waals surface area contributed by atoms with E-state index < -0.39 is 12.2 Å². The van der Waals surface area contributed by atoms with Gasteiger partial charge in [0, 0.05) is 0 Å². The Hall–Kier alpha value is -2.10. The maximum Gasteiger partial charge on any atom is 0.299 e. The molecule has 142 valence electrons.